The molecule has 0 atom stereocenters. The number of methoxy groups -OCH3 is 1. The van der Waals surface area contributed by atoms with Gasteiger partial charge >= 0.3 is 0 Å². The highest BCUT2D eigenvalue weighted by Gasteiger charge is 2.09. The summed E-state index contributed by atoms with van der Waals surface area (Å²) in [5.74, 6) is 1.79. The molecule has 140 valence electrons. The number of hydrogen-bond donors (Lipinski definition) is 1. The van der Waals surface area contributed by atoms with Crippen LogP contribution in [0.5, 0.6) is 11.5 Å². The number of benzene rings is 2. The molecule has 3 rings (SSSR count). The van der Waals surface area contributed by atoms with Crippen molar-refractivity contribution in [1.82, 2.24) is 10.5 Å². The average Bonchev–Trinajstić information content (AvgIpc) is 3.16. The van der Waals surface area contributed by atoms with Crippen molar-refractivity contribution in [3.8, 4) is 22.8 Å². The van der Waals surface area contributed by atoms with E-state index in [4.69, 9.17) is 25.6 Å². The maximum Gasteiger partial charge on any atom is 0.257 e. The Morgan fingerprint density at radius 3 is 2.74 bits per heavy atom. The van der Waals surface area contributed by atoms with E-state index in [1.165, 1.54) is 0 Å². The predicted molar refractivity (Wildman–Crippen MR) is 102 cm³/mol. The van der Waals surface area contributed by atoms with E-state index in [1.807, 2.05) is 30.3 Å². The first-order valence-electron chi connectivity index (χ1n) is 8.39. The van der Waals surface area contributed by atoms with Crippen molar-refractivity contribution in [2.45, 2.75) is 6.42 Å². The molecule has 0 aliphatic carbocycles. The minimum absolute atomic E-state index is 0.0600. The Bertz CT molecular complexity index is 893. The summed E-state index contributed by atoms with van der Waals surface area (Å²) in [5.41, 5.74) is 1.64. The second-order valence-corrected chi connectivity index (χ2v) is 6.19. The third-order valence-corrected chi connectivity index (χ3v) is 4.05. The number of hydrogen-bond acceptors (Lipinski definition) is 5. The van der Waals surface area contributed by atoms with Crippen LogP contribution in [0.4, 0.5) is 0 Å². The Balaban J connectivity index is 1.44. The van der Waals surface area contributed by atoms with Crippen molar-refractivity contribution in [2.24, 2.45) is 0 Å². The van der Waals surface area contributed by atoms with Crippen LogP contribution in [-0.2, 0) is 11.2 Å². The zero-order valence-electron chi connectivity index (χ0n) is 14.8. The topological polar surface area (TPSA) is 73.6 Å². The molecule has 1 heterocycles. The van der Waals surface area contributed by atoms with Crippen LogP contribution in [0, 0.1) is 0 Å². The van der Waals surface area contributed by atoms with Crippen LogP contribution in [0.25, 0.3) is 11.3 Å². The van der Waals surface area contributed by atoms with Gasteiger partial charge in [0.2, 0.25) is 0 Å². The number of aromatic nitrogens is 1. The van der Waals surface area contributed by atoms with Crippen molar-refractivity contribution >= 4 is 17.5 Å². The third kappa shape index (κ3) is 5.49. The molecule has 1 aromatic heterocycles. The third-order valence-electron chi connectivity index (χ3n) is 3.80. The van der Waals surface area contributed by atoms with E-state index in [0.29, 0.717) is 29.5 Å². The lowest BCUT2D eigenvalue weighted by Crippen LogP contribution is -2.30. The first-order valence-corrected chi connectivity index (χ1v) is 8.77. The Morgan fingerprint density at radius 2 is 1.96 bits per heavy atom. The summed E-state index contributed by atoms with van der Waals surface area (Å²) in [7, 11) is 1.62. The summed E-state index contributed by atoms with van der Waals surface area (Å²) in [5, 5.41) is 7.44. The first-order chi connectivity index (χ1) is 13.1. The zero-order valence-corrected chi connectivity index (χ0v) is 15.5. The average molecular weight is 387 g/mol. The van der Waals surface area contributed by atoms with Crippen molar-refractivity contribution in [2.75, 3.05) is 20.3 Å². The van der Waals surface area contributed by atoms with Gasteiger partial charge < -0.3 is 19.3 Å². The van der Waals surface area contributed by atoms with E-state index in [2.05, 4.69) is 10.5 Å². The fourth-order valence-electron chi connectivity index (χ4n) is 2.40. The molecular formula is C20H19ClN2O4. The minimum atomic E-state index is -0.207. The van der Waals surface area contributed by atoms with E-state index < -0.39 is 0 Å². The van der Waals surface area contributed by atoms with Gasteiger partial charge in [-0.1, -0.05) is 28.9 Å². The van der Waals surface area contributed by atoms with Crippen molar-refractivity contribution in [3.63, 3.8) is 0 Å². The number of carbonyl (C=O) groups excluding carboxylic acids is 1. The Kier molecular flexibility index (Phi) is 6.33. The normalized spacial score (nSPS) is 10.4. The molecule has 0 saturated heterocycles. The molecule has 0 bridgehead atoms. The Hall–Kier alpha value is -2.99. The van der Waals surface area contributed by atoms with Gasteiger partial charge in [0.05, 0.1) is 12.8 Å². The molecule has 0 unspecified atom stereocenters. The van der Waals surface area contributed by atoms with Gasteiger partial charge in [0.25, 0.3) is 5.91 Å². The van der Waals surface area contributed by atoms with Crippen LogP contribution in [0.3, 0.4) is 0 Å². The number of ether oxygens (including phenoxy) is 2. The van der Waals surface area contributed by atoms with Crippen LogP contribution < -0.4 is 14.8 Å². The molecule has 0 aliphatic rings. The highest BCUT2D eigenvalue weighted by Crippen LogP contribution is 2.24. The highest BCUT2D eigenvalue weighted by atomic mass is 35.5. The largest absolute Gasteiger partial charge is 0.497 e. The van der Waals surface area contributed by atoms with Gasteiger partial charge in [-0.25, -0.2) is 0 Å². The number of amides is 1. The summed E-state index contributed by atoms with van der Waals surface area (Å²) in [6, 6.07) is 16.2. The molecule has 0 spiro atoms. The first kappa shape index (κ1) is 18.8. The van der Waals surface area contributed by atoms with Gasteiger partial charge in [0.15, 0.2) is 12.4 Å². The summed E-state index contributed by atoms with van der Waals surface area (Å²) >= 11 is 5.80. The molecular weight excluding hydrogens is 368 g/mol. The van der Waals surface area contributed by atoms with Crippen LogP contribution >= 0.6 is 11.6 Å². The van der Waals surface area contributed by atoms with Gasteiger partial charge in [-0.2, -0.15) is 0 Å². The molecule has 6 nitrogen and oxygen atoms in total. The number of carbonyl (C=O) groups is 1. The molecule has 0 fully saturated rings. The van der Waals surface area contributed by atoms with Gasteiger partial charge in [-0.3, -0.25) is 4.79 Å². The SMILES string of the molecule is COc1cccc(-c2cc(CCNC(=O)COc3ccc(Cl)cc3)no2)c1. The minimum Gasteiger partial charge on any atom is -0.497 e. The quantitative estimate of drug-likeness (QED) is 0.638. The lowest BCUT2D eigenvalue weighted by Gasteiger charge is -2.06. The standard InChI is InChI=1S/C20H19ClN2O4/c1-25-18-4-2-3-14(11-18)19-12-16(23-27-19)9-10-22-20(24)13-26-17-7-5-15(21)6-8-17/h2-8,11-12H,9-10,13H2,1H3,(H,22,24). The number of nitrogens with zero attached hydrogens (tertiary/aromatic N) is 1. The van der Waals surface area contributed by atoms with Crippen molar-refractivity contribution in [1.29, 1.82) is 0 Å². The smallest absolute Gasteiger partial charge is 0.257 e. The van der Waals surface area contributed by atoms with Crippen LogP contribution in [-0.4, -0.2) is 31.3 Å². The molecule has 1 N–H and O–H groups in total. The van der Waals surface area contributed by atoms with Crippen molar-refractivity contribution in [3.05, 3.63) is 65.3 Å². The summed E-state index contributed by atoms with van der Waals surface area (Å²) < 4.78 is 16.0. The molecule has 2 aromatic carbocycles. The number of nitrogens with one attached hydrogen (secondary N) is 1. The van der Waals surface area contributed by atoms with Crippen LogP contribution in [0.15, 0.2) is 59.1 Å². The molecule has 7 heteroatoms. The van der Waals surface area contributed by atoms with Crippen molar-refractivity contribution < 1.29 is 18.8 Å². The summed E-state index contributed by atoms with van der Waals surface area (Å²) in [6.45, 7) is 0.377. The lowest BCUT2D eigenvalue weighted by molar-refractivity contribution is -0.123. The fourth-order valence-corrected chi connectivity index (χ4v) is 2.53. The zero-order chi connectivity index (χ0) is 19.1. The van der Waals surface area contributed by atoms with Gasteiger partial charge in [-0.05, 0) is 36.4 Å². The maximum absolute atomic E-state index is 11.9. The fraction of sp³-hybridized carbons (Fsp3) is 0.200. The van der Waals surface area contributed by atoms with Crippen LogP contribution in [0.1, 0.15) is 5.69 Å². The van der Waals surface area contributed by atoms with E-state index in [-0.39, 0.29) is 12.5 Å². The van der Waals surface area contributed by atoms with E-state index >= 15 is 0 Å². The molecule has 0 aliphatic heterocycles. The second kappa shape index (κ2) is 9.09. The molecule has 0 saturated carbocycles. The monoisotopic (exact) mass is 386 g/mol. The molecule has 1 amide bonds. The molecule has 27 heavy (non-hydrogen) atoms. The van der Waals surface area contributed by atoms with E-state index in [9.17, 15) is 4.79 Å². The maximum atomic E-state index is 11.9. The molecule has 3 aromatic rings. The Labute approximate surface area is 162 Å². The summed E-state index contributed by atoms with van der Waals surface area (Å²) in [6.07, 6.45) is 0.556. The second-order valence-electron chi connectivity index (χ2n) is 5.76. The highest BCUT2D eigenvalue weighted by molar-refractivity contribution is 6.30. The van der Waals surface area contributed by atoms with E-state index in [0.717, 1.165) is 17.0 Å². The van der Waals surface area contributed by atoms with E-state index in [1.54, 1.807) is 31.4 Å². The van der Waals surface area contributed by atoms with Crippen LogP contribution in [0.2, 0.25) is 5.02 Å². The van der Waals surface area contributed by atoms with Gasteiger partial charge in [0.1, 0.15) is 11.5 Å². The summed E-state index contributed by atoms with van der Waals surface area (Å²) in [4.78, 5) is 11.9. The number of halogens is 1. The lowest BCUT2D eigenvalue weighted by atomic mass is 10.1. The predicted octanol–water partition coefficient (Wildman–Crippen LogP) is 3.74. The number of rotatable bonds is 8. The van der Waals surface area contributed by atoms with Gasteiger partial charge in [-0.15, -0.1) is 0 Å². The van der Waals surface area contributed by atoms with Gasteiger partial charge in [0, 0.05) is 29.6 Å². The Morgan fingerprint density at radius 1 is 1.15 bits per heavy atom. The molecule has 0 radical (unpaired) electrons.